The van der Waals surface area contributed by atoms with E-state index in [0.29, 0.717) is 27.6 Å². The molecule has 4 aromatic rings. The van der Waals surface area contributed by atoms with Crippen LogP contribution in [0.3, 0.4) is 0 Å². The summed E-state index contributed by atoms with van der Waals surface area (Å²) in [5.74, 6) is 0. The molecule has 4 rings (SSSR count). The summed E-state index contributed by atoms with van der Waals surface area (Å²) in [6.07, 6.45) is 1.73. The van der Waals surface area contributed by atoms with Crippen molar-refractivity contribution in [1.82, 2.24) is 15.0 Å². The lowest BCUT2D eigenvalue weighted by molar-refractivity contribution is 0.127. The number of nitrogens with zero attached hydrogens (tertiary/aromatic N) is 4. The van der Waals surface area contributed by atoms with Gasteiger partial charge >= 0.3 is 5.63 Å². The predicted octanol–water partition coefficient (Wildman–Crippen LogP) is 3.97. The molecule has 0 aliphatic carbocycles. The number of benzene rings is 2. The molecule has 0 aliphatic rings. The molecule has 28 heavy (non-hydrogen) atoms. The summed E-state index contributed by atoms with van der Waals surface area (Å²) in [4.78, 5) is 17.5. The van der Waals surface area contributed by atoms with Gasteiger partial charge in [-0.2, -0.15) is 0 Å². The molecule has 0 spiro atoms. The third kappa shape index (κ3) is 3.79. The Morgan fingerprint density at radius 1 is 1.21 bits per heavy atom. The minimum atomic E-state index is -0.461. The van der Waals surface area contributed by atoms with Gasteiger partial charge in [-0.25, -0.2) is 9.48 Å². The summed E-state index contributed by atoms with van der Waals surface area (Å²) in [6, 6.07) is 16.3. The van der Waals surface area contributed by atoms with Crippen LogP contribution in [0.4, 0.5) is 0 Å². The van der Waals surface area contributed by atoms with E-state index in [1.54, 1.807) is 42.1 Å². The van der Waals surface area contributed by atoms with Crippen molar-refractivity contribution in [3.8, 4) is 5.69 Å². The van der Waals surface area contributed by atoms with Gasteiger partial charge in [0.05, 0.1) is 23.2 Å². The highest BCUT2D eigenvalue weighted by atomic mass is 35.5. The van der Waals surface area contributed by atoms with Gasteiger partial charge in [-0.15, -0.1) is 5.10 Å². The Hall–Kier alpha value is -3.45. The standard InChI is InChI=1S/C20H15ClN4O3/c1-13(18-10-14-4-2-3-5-19(14)28-20(18)26)23-27-12-16-11-25(24-22-16)17-8-6-15(21)7-9-17/h2-11H,12H2,1H3. The lowest BCUT2D eigenvalue weighted by Gasteiger charge is -2.02. The molecule has 2 aromatic heterocycles. The Morgan fingerprint density at radius 3 is 2.82 bits per heavy atom. The number of aromatic nitrogens is 3. The smallest absolute Gasteiger partial charge is 0.345 e. The van der Waals surface area contributed by atoms with E-state index in [-0.39, 0.29) is 6.61 Å². The summed E-state index contributed by atoms with van der Waals surface area (Å²) in [5.41, 5.74) is 2.27. The zero-order chi connectivity index (χ0) is 19.5. The van der Waals surface area contributed by atoms with Crippen molar-refractivity contribution in [2.24, 2.45) is 5.16 Å². The first-order valence-corrected chi connectivity index (χ1v) is 8.85. The van der Waals surface area contributed by atoms with Gasteiger partial charge in [-0.05, 0) is 43.3 Å². The molecule has 7 nitrogen and oxygen atoms in total. The predicted molar refractivity (Wildman–Crippen MR) is 106 cm³/mol. The fraction of sp³-hybridized carbons (Fsp3) is 0.100. The van der Waals surface area contributed by atoms with E-state index < -0.39 is 5.63 Å². The van der Waals surface area contributed by atoms with Crippen LogP contribution in [0.25, 0.3) is 16.7 Å². The molecule has 2 aromatic carbocycles. The quantitative estimate of drug-likeness (QED) is 0.290. The molecule has 2 heterocycles. The molecule has 0 N–H and O–H groups in total. The monoisotopic (exact) mass is 394 g/mol. The van der Waals surface area contributed by atoms with Crippen LogP contribution in [-0.2, 0) is 11.4 Å². The van der Waals surface area contributed by atoms with Gasteiger partial charge in [0.2, 0.25) is 0 Å². The average molecular weight is 395 g/mol. The molecule has 0 saturated heterocycles. The Bertz CT molecular complexity index is 1210. The normalized spacial score (nSPS) is 11.7. The Kier molecular flexibility index (Phi) is 4.90. The molecular formula is C20H15ClN4O3. The molecule has 0 fully saturated rings. The van der Waals surface area contributed by atoms with E-state index >= 15 is 0 Å². The minimum Gasteiger partial charge on any atom is -0.422 e. The van der Waals surface area contributed by atoms with Gasteiger partial charge in [0.15, 0.2) is 6.61 Å². The molecule has 8 heteroatoms. The largest absolute Gasteiger partial charge is 0.422 e. The van der Waals surface area contributed by atoms with Gasteiger partial charge in [-0.3, -0.25) is 0 Å². The molecule has 140 valence electrons. The molecule has 0 atom stereocenters. The highest BCUT2D eigenvalue weighted by Gasteiger charge is 2.09. The highest BCUT2D eigenvalue weighted by Crippen LogP contribution is 2.14. The SMILES string of the molecule is CC(=NOCc1cn(-c2ccc(Cl)cc2)nn1)c1cc2ccccc2oc1=O. The summed E-state index contributed by atoms with van der Waals surface area (Å²) in [7, 11) is 0. The molecule has 0 radical (unpaired) electrons. The highest BCUT2D eigenvalue weighted by molar-refractivity contribution is 6.30. The number of hydrogen-bond acceptors (Lipinski definition) is 6. The molecule has 0 saturated carbocycles. The third-order valence-corrected chi connectivity index (χ3v) is 4.33. The van der Waals surface area contributed by atoms with Crippen molar-refractivity contribution in [3.05, 3.63) is 87.5 Å². The van der Waals surface area contributed by atoms with Gasteiger partial charge in [0.25, 0.3) is 0 Å². The van der Waals surface area contributed by atoms with Crippen LogP contribution >= 0.6 is 11.6 Å². The maximum atomic E-state index is 12.2. The van der Waals surface area contributed by atoms with Crippen LogP contribution in [0.2, 0.25) is 5.02 Å². The first-order valence-electron chi connectivity index (χ1n) is 8.47. The first-order chi connectivity index (χ1) is 13.6. The Labute approximate surface area is 164 Å². The summed E-state index contributed by atoms with van der Waals surface area (Å²) >= 11 is 5.89. The van der Waals surface area contributed by atoms with E-state index in [1.165, 1.54) is 0 Å². The maximum absolute atomic E-state index is 12.2. The number of fused-ring (bicyclic) bond motifs is 1. The summed E-state index contributed by atoms with van der Waals surface area (Å²) in [5, 5.41) is 13.6. The van der Waals surface area contributed by atoms with E-state index in [4.69, 9.17) is 20.9 Å². The first kappa shape index (κ1) is 17.9. The van der Waals surface area contributed by atoms with E-state index in [0.717, 1.165) is 11.1 Å². The second kappa shape index (κ2) is 7.66. The van der Waals surface area contributed by atoms with Crippen LogP contribution in [0, 0.1) is 0 Å². The van der Waals surface area contributed by atoms with Crippen molar-refractivity contribution in [2.45, 2.75) is 13.5 Å². The zero-order valence-corrected chi connectivity index (χ0v) is 15.6. The van der Waals surface area contributed by atoms with Crippen LogP contribution < -0.4 is 5.63 Å². The summed E-state index contributed by atoms with van der Waals surface area (Å²) in [6.45, 7) is 1.80. The Morgan fingerprint density at radius 2 is 2.00 bits per heavy atom. The number of oxime groups is 1. The lowest BCUT2D eigenvalue weighted by Crippen LogP contribution is -2.12. The number of halogens is 1. The number of rotatable bonds is 5. The molecular weight excluding hydrogens is 380 g/mol. The van der Waals surface area contributed by atoms with Crippen molar-refractivity contribution >= 4 is 28.3 Å². The topological polar surface area (TPSA) is 82.5 Å². The van der Waals surface area contributed by atoms with Crippen molar-refractivity contribution in [2.75, 3.05) is 0 Å². The van der Waals surface area contributed by atoms with Crippen molar-refractivity contribution in [1.29, 1.82) is 0 Å². The van der Waals surface area contributed by atoms with Gasteiger partial charge in [-0.1, -0.05) is 40.2 Å². The minimum absolute atomic E-state index is 0.115. The summed E-state index contributed by atoms with van der Waals surface area (Å²) < 4.78 is 6.93. The van der Waals surface area contributed by atoms with Crippen LogP contribution in [0.1, 0.15) is 18.2 Å². The number of hydrogen-bond donors (Lipinski definition) is 0. The fourth-order valence-corrected chi connectivity index (χ4v) is 2.77. The van der Waals surface area contributed by atoms with Crippen LogP contribution in [0.15, 0.2) is 75.2 Å². The second-order valence-electron chi connectivity index (χ2n) is 6.07. The van der Waals surface area contributed by atoms with E-state index in [9.17, 15) is 4.79 Å². The van der Waals surface area contributed by atoms with E-state index in [1.807, 2.05) is 30.3 Å². The third-order valence-electron chi connectivity index (χ3n) is 4.08. The van der Waals surface area contributed by atoms with E-state index in [2.05, 4.69) is 15.5 Å². The molecule has 0 bridgehead atoms. The molecule has 0 unspecified atom stereocenters. The second-order valence-corrected chi connectivity index (χ2v) is 6.50. The zero-order valence-electron chi connectivity index (χ0n) is 14.9. The molecule has 0 amide bonds. The van der Waals surface area contributed by atoms with Crippen LogP contribution in [0.5, 0.6) is 0 Å². The van der Waals surface area contributed by atoms with Crippen molar-refractivity contribution in [3.63, 3.8) is 0 Å². The lowest BCUT2D eigenvalue weighted by atomic mass is 10.1. The maximum Gasteiger partial charge on any atom is 0.345 e. The Balaban J connectivity index is 1.47. The average Bonchev–Trinajstić information content (AvgIpc) is 3.17. The fourth-order valence-electron chi connectivity index (χ4n) is 2.64. The van der Waals surface area contributed by atoms with Gasteiger partial charge in [0, 0.05) is 10.4 Å². The molecule has 0 aliphatic heterocycles. The van der Waals surface area contributed by atoms with Gasteiger partial charge in [0.1, 0.15) is 11.3 Å². The number of para-hydroxylation sites is 1. The van der Waals surface area contributed by atoms with Crippen molar-refractivity contribution < 1.29 is 9.25 Å². The van der Waals surface area contributed by atoms with Gasteiger partial charge < -0.3 is 9.25 Å². The van der Waals surface area contributed by atoms with Crippen LogP contribution in [-0.4, -0.2) is 20.7 Å².